The van der Waals surface area contributed by atoms with E-state index in [-0.39, 0.29) is 0 Å². The van der Waals surface area contributed by atoms with Crippen LogP contribution in [0.3, 0.4) is 0 Å². The third-order valence-corrected chi connectivity index (χ3v) is 5.70. The summed E-state index contributed by atoms with van der Waals surface area (Å²) >= 11 is 0. The first-order valence-corrected chi connectivity index (χ1v) is 8.94. The van der Waals surface area contributed by atoms with Crippen LogP contribution in [0.15, 0.2) is 18.3 Å². The third kappa shape index (κ3) is 4.35. The lowest BCUT2D eigenvalue weighted by Gasteiger charge is -2.39. The van der Waals surface area contributed by atoms with Gasteiger partial charge in [-0.25, -0.2) is 0 Å². The highest BCUT2D eigenvalue weighted by molar-refractivity contribution is 5.07. The van der Waals surface area contributed by atoms with Gasteiger partial charge in [0.25, 0.3) is 0 Å². The lowest BCUT2D eigenvalue weighted by Crippen LogP contribution is -2.36. The normalized spacial score (nSPS) is 23.4. The Morgan fingerprint density at radius 2 is 1.90 bits per heavy atom. The Balaban J connectivity index is 1.77. The average molecular weight is 290 g/mol. The summed E-state index contributed by atoms with van der Waals surface area (Å²) in [6.45, 7) is 11.6. The molecule has 0 aliphatic heterocycles. The van der Waals surface area contributed by atoms with Gasteiger partial charge in [-0.2, -0.15) is 0 Å². The van der Waals surface area contributed by atoms with Crippen molar-refractivity contribution >= 4 is 0 Å². The Kier molecular flexibility index (Phi) is 5.92. The molecule has 0 saturated heterocycles. The molecule has 0 atom stereocenters. The van der Waals surface area contributed by atoms with Crippen LogP contribution in [0.4, 0.5) is 0 Å². The van der Waals surface area contributed by atoms with Crippen molar-refractivity contribution in [2.75, 3.05) is 0 Å². The minimum atomic E-state index is 0.529. The van der Waals surface area contributed by atoms with Gasteiger partial charge in [0.15, 0.2) is 0 Å². The Labute approximate surface area is 131 Å². The fourth-order valence-corrected chi connectivity index (χ4v) is 3.69. The lowest BCUT2D eigenvalue weighted by molar-refractivity contribution is 0.136. The monoisotopic (exact) mass is 290 g/mol. The summed E-state index contributed by atoms with van der Waals surface area (Å²) in [5, 5.41) is 3.79. The second-order valence-electron chi connectivity index (χ2n) is 7.46. The number of nitrogens with one attached hydrogen (secondary N) is 1. The van der Waals surface area contributed by atoms with Gasteiger partial charge in [0.05, 0.1) is 0 Å². The number of aromatic nitrogens is 1. The topological polar surface area (TPSA) is 17.0 Å². The largest absolute Gasteiger partial charge is 0.350 e. The highest BCUT2D eigenvalue weighted by atomic mass is 15.0. The van der Waals surface area contributed by atoms with E-state index >= 15 is 0 Å². The molecular weight excluding hydrogens is 256 g/mol. The molecule has 0 bridgehead atoms. The van der Waals surface area contributed by atoms with Crippen molar-refractivity contribution in [1.82, 2.24) is 9.88 Å². The van der Waals surface area contributed by atoms with E-state index in [2.05, 4.69) is 55.9 Å². The van der Waals surface area contributed by atoms with Gasteiger partial charge in [-0.15, -0.1) is 0 Å². The molecule has 1 aliphatic carbocycles. The van der Waals surface area contributed by atoms with E-state index in [0.29, 0.717) is 5.41 Å². The van der Waals surface area contributed by atoms with Crippen LogP contribution >= 0.6 is 0 Å². The smallest absolute Gasteiger partial charge is 0.0361 e. The first kappa shape index (κ1) is 16.6. The Morgan fingerprint density at radius 1 is 1.19 bits per heavy atom. The van der Waals surface area contributed by atoms with Crippen LogP contribution in [0.1, 0.15) is 71.9 Å². The molecule has 120 valence electrons. The predicted octanol–water partition coefficient (Wildman–Crippen LogP) is 4.98. The standard InChI is InChI=1S/C19H34N2/c1-5-13-21-14-7-8-18(21)15-20-17-11-9-16(10-12-17)19(3,4)6-2/h7-8,14,16-17,20H,5-6,9-13,15H2,1-4H3. The molecule has 1 N–H and O–H groups in total. The molecule has 21 heavy (non-hydrogen) atoms. The predicted molar refractivity (Wildman–Crippen MR) is 91.4 cm³/mol. The van der Waals surface area contributed by atoms with E-state index in [0.717, 1.165) is 25.0 Å². The second-order valence-corrected chi connectivity index (χ2v) is 7.46. The average Bonchev–Trinajstić information content (AvgIpc) is 2.93. The second kappa shape index (κ2) is 7.49. The van der Waals surface area contributed by atoms with E-state index in [1.165, 1.54) is 44.2 Å². The maximum absolute atomic E-state index is 3.79. The zero-order valence-corrected chi connectivity index (χ0v) is 14.5. The maximum Gasteiger partial charge on any atom is 0.0361 e. The van der Waals surface area contributed by atoms with Gasteiger partial charge in [-0.05, 0) is 55.6 Å². The SMILES string of the molecule is CCCn1cccc1CNC1CCC(C(C)(C)CC)CC1. The molecule has 1 heterocycles. The van der Waals surface area contributed by atoms with Crippen LogP contribution in [0.25, 0.3) is 0 Å². The summed E-state index contributed by atoms with van der Waals surface area (Å²) in [7, 11) is 0. The number of hydrogen-bond acceptors (Lipinski definition) is 1. The third-order valence-electron chi connectivity index (χ3n) is 5.70. The minimum Gasteiger partial charge on any atom is -0.350 e. The molecule has 0 amide bonds. The van der Waals surface area contributed by atoms with Gasteiger partial charge >= 0.3 is 0 Å². The van der Waals surface area contributed by atoms with Crippen molar-refractivity contribution in [1.29, 1.82) is 0 Å². The van der Waals surface area contributed by atoms with Crippen molar-refractivity contribution in [3.63, 3.8) is 0 Å². The Morgan fingerprint density at radius 3 is 2.52 bits per heavy atom. The fraction of sp³-hybridized carbons (Fsp3) is 0.789. The van der Waals surface area contributed by atoms with Gasteiger partial charge in [0, 0.05) is 31.0 Å². The van der Waals surface area contributed by atoms with Gasteiger partial charge < -0.3 is 9.88 Å². The van der Waals surface area contributed by atoms with Gasteiger partial charge in [0.1, 0.15) is 0 Å². The molecule has 1 aliphatic rings. The molecule has 2 heteroatoms. The summed E-state index contributed by atoms with van der Waals surface area (Å²) < 4.78 is 2.39. The van der Waals surface area contributed by atoms with Crippen molar-refractivity contribution in [2.24, 2.45) is 11.3 Å². The molecule has 0 unspecified atom stereocenters. The first-order valence-electron chi connectivity index (χ1n) is 8.94. The number of aryl methyl sites for hydroxylation is 1. The van der Waals surface area contributed by atoms with E-state index in [1.807, 2.05) is 0 Å². The summed E-state index contributed by atoms with van der Waals surface area (Å²) in [4.78, 5) is 0. The van der Waals surface area contributed by atoms with Crippen LogP contribution < -0.4 is 5.32 Å². The van der Waals surface area contributed by atoms with Crippen LogP contribution in [0.5, 0.6) is 0 Å². The highest BCUT2D eigenvalue weighted by Gasteiger charge is 2.31. The molecule has 2 nitrogen and oxygen atoms in total. The van der Waals surface area contributed by atoms with E-state index in [4.69, 9.17) is 0 Å². The zero-order valence-electron chi connectivity index (χ0n) is 14.5. The summed E-state index contributed by atoms with van der Waals surface area (Å²) in [5.41, 5.74) is 1.97. The maximum atomic E-state index is 3.79. The Bertz CT molecular complexity index is 411. The van der Waals surface area contributed by atoms with Gasteiger partial charge in [-0.3, -0.25) is 0 Å². The van der Waals surface area contributed by atoms with E-state index < -0.39 is 0 Å². The van der Waals surface area contributed by atoms with Crippen molar-refractivity contribution in [2.45, 2.75) is 85.4 Å². The zero-order chi connectivity index (χ0) is 15.3. The summed E-state index contributed by atoms with van der Waals surface area (Å²) in [6.07, 6.45) is 10.2. The Hall–Kier alpha value is -0.760. The quantitative estimate of drug-likeness (QED) is 0.749. The molecule has 1 saturated carbocycles. The molecule has 0 radical (unpaired) electrons. The molecule has 0 spiro atoms. The van der Waals surface area contributed by atoms with Crippen LogP contribution in [-0.2, 0) is 13.1 Å². The van der Waals surface area contributed by atoms with Crippen LogP contribution in [-0.4, -0.2) is 10.6 Å². The number of hydrogen-bond donors (Lipinski definition) is 1. The minimum absolute atomic E-state index is 0.529. The van der Waals surface area contributed by atoms with E-state index in [1.54, 1.807) is 0 Å². The van der Waals surface area contributed by atoms with Crippen LogP contribution in [0, 0.1) is 11.3 Å². The van der Waals surface area contributed by atoms with Gasteiger partial charge in [-0.1, -0.05) is 34.1 Å². The molecule has 2 rings (SSSR count). The van der Waals surface area contributed by atoms with Crippen molar-refractivity contribution in [3.05, 3.63) is 24.0 Å². The highest BCUT2D eigenvalue weighted by Crippen LogP contribution is 2.40. The molecular formula is C19H34N2. The summed E-state index contributed by atoms with van der Waals surface area (Å²) in [6, 6.07) is 5.15. The number of nitrogens with zero attached hydrogens (tertiary/aromatic N) is 1. The number of rotatable bonds is 7. The molecule has 1 fully saturated rings. The van der Waals surface area contributed by atoms with Crippen molar-refractivity contribution < 1.29 is 0 Å². The molecule has 1 aromatic heterocycles. The van der Waals surface area contributed by atoms with Crippen molar-refractivity contribution in [3.8, 4) is 0 Å². The van der Waals surface area contributed by atoms with Crippen LogP contribution in [0.2, 0.25) is 0 Å². The fourth-order valence-electron chi connectivity index (χ4n) is 3.69. The van der Waals surface area contributed by atoms with E-state index in [9.17, 15) is 0 Å². The van der Waals surface area contributed by atoms with Gasteiger partial charge in [0.2, 0.25) is 0 Å². The first-order chi connectivity index (χ1) is 10.1. The molecule has 0 aromatic carbocycles. The summed E-state index contributed by atoms with van der Waals surface area (Å²) in [5.74, 6) is 0.921. The lowest BCUT2D eigenvalue weighted by atomic mass is 9.69. The molecule has 1 aromatic rings.